The third-order valence-electron chi connectivity index (χ3n) is 2.08. The van der Waals surface area contributed by atoms with Crippen molar-refractivity contribution in [2.24, 2.45) is 0 Å². The van der Waals surface area contributed by atoms with Crippen LogP contribution < -0.4 is 5.56 Å². The van der Waals surface area contributed by atoms with Gasteiger partial charge >= 0.3 is 0 Å². The van der Waals surface area contributed by atoms with E-state index in [1.807, 2.05) is 6.92 Å². The number of halogens is 2. The van der Waals surface area contributed by atoms with Crippen LogP contribution in [0.15, 0.2) is 14.4 Å². The molecule has 1 aromatic rings. The molecule has 2 rings (SSSR count). The van der Waals surface area contributed by atoms with Crippen molar-refractivity contribution in [2.75, 3.05) is 4.43 Å². The van der Waals surface area contributed by atoms with Crippen LogP contribution in [0.5, 0.6) is 0 Å². The minimum atomic E-state index is 0.0485. The van der Waals surface area contributed by atoms with E-state index in [0.717, 1.165) is 21.8 Å². The molecule has 2 heterocycles. The van der Waals surface area contributed by atoms with E-state index in [4.69, 9.17) is 0 Å². The molecule has 0 N–H and O–H groups in total. The molecule has 0 fully saturated rings. The molecule has 0 radical (unpaired) electrons. The molecule has 0 spiro atoms. The lowest BCUT2D eigenvalue weighted by molar-refractivity contribution is 0.614. The van der Waals surface area contributed by atoms with Gasteiger partial charge in [0.05, 0.1) is 5.69 Å². The summed E-state index contributed by atoms with van der Waals surface area (Å²) in [5.41, 5.74) is 0.829. The first-order valence-electron chi connectivity index (χ1n) is 4.13. The number of rotatable bonds is 1. The van der Waals surface area contributed by atoms with Crippen molar-refractivity contribution in [3.8, 4) is 0 Å². The van der Waals surface area contributed by atoms with Crippen LogP contribution in [0, 0.1) is 6.92 Å². The summed E-state index contributed by atoms with van der Waals surface area (Å²) in [6.45, 7) is 2.64. The van der Waals surface area contributed by atoms with Gasteiger partial charge in [0.25, 0.3) is 5.56 Å². The molecular formula is C8H8BrIN2OS. The van der Waals surface area contributed by atoms with Crippen LogP contribution in [0.25, 0.3) is 0 Å². The van der Waals surface area contributed by atoms with E-state index in [0.29, 0.717) is 9.72 Å². The van der Waals surface area contributed by atoms with E-state index in [1.165, 1.54) is 0 Å². The molecule has 0 aliphatic carbocycles. The molecule has 1 aromatic heterocycles. The Kier molecular flexibility index (Phi) is 3.23. The Balaban J connectivity index is 2.53. The van der Waals surface area contributed by atoms with Gasteiger partial charge in [-0.1, -0.05) is 34.4 Å². The zero-order chi connectivity index (χ0) is 10.3. The molecule has 1 unspecified atom stereocenters. The van der Waals surface area contributed by atoms with Gasteiger partial charge in [-0.05, 0) is 22.9 Å². The van der Waals surface area contributed by atoms with Gasteiger partial charge in [0.15, 0.2) is 5.16 Å². The zero-order valence-corrected chi connectivity index (χ0v) is 12.0. The molecule has 0 amide bonds. The second-order valence-corrected chi connectivity index (χ2v) is 6.05. The van der Waals surface area contributed by atoms with Crippen molar-refractivity contribution in [2.45, 2.75) is 23.9 Å². The number of hydrogen-bond acceptors (Lipinski definition) is 3. The lowest BCUT2D eigenvalue weighted by atomic mass is 10.4. The summed E-state index contributed by atoms with van der Waals surface area (Å²) in [4.78, 5) is 16.2. The Hall–Kier alpha value is 0.440. The second-order valence-electron chi connectivity index (χ2n) is 3.10. The highest BCUT2D eigenvalue weighted by molar-refractivity contribution is 14.1. The quantitative estimate of drug-likeness (QED) is 0.421. The topological polar surface area (TPSA) is 34.9 Å². The van der Waals surface area contributed by atoms with Crippen LogP contribution in [0.3, 0.4) is 0 Å². The lowest BCUT2D eigenvalue weighted by Gasteiger charge is -2.03. The maximum Gasteiger partial charge on any atom is 0.268 e. The molecule has 1 aliphatic heterocycles. The van der Waals surface area contributed by atoms with Crippen molar-refractivity contribution >= 4 is 50.3 Å². The fraction of sp³-hybridized carbons (Fsp3) is 0.500. The molecule has 3 nitrogen and oxygen atoms in total. The summed E-state index contributed by atoms with van der Waals surface area (Å²) < 4.78 is 3.39. The zero-order valence-electron chi connectivity index (χ0n) is 7.46. The number of fused-ring (bicyclic) bond motifs is 1. The molecule has 6 heteroatoms. The van der Waals surface area contributed by atoms with E-state index in [-0.39, 0.29) is 5.56 Å². The summed E-state index contributed by atoms with van der Waals surface area (Å²) in [7, 11) is 0. The van der Waals surface area contributed by atoms with Gasteiger partial charge in [-0.15, -0.1) is 0 Å². The smallest absolute Gasteiger partial charge is 0.268 e. The van der Waals surface area contributed by atoms with Crippen LogP contribution in [0.4, 0.5) is 0 Å². The molecule has 14 heavy (non-hydrogen) atoms. The Morgan fingerprint density at radius 1 is 1.79 bits per heavy atom. The summed E-state index contributed by atoms with van der Waals surface area (Å²) >= 11 is 7.31. The Labute approximate surface area is 108 Å². The lowest BCUT2D eigenvalue weighted by Crippen LogP contribution is -2.23. The fourth-order valence-electron chi connectivity index (χ4n) is 1.33. The Morgan fingerprint density at radius 3 is 3.14 bits per heavy atom. The van der Waals surface area contributed by atoms with Crippen LogP contribution in [0.2, 0.25) is 0 Å². The number of hydrogen-bond donors (Lipinski definition) is 0. The number of thioether (sulfide) groups is 1. The predicted molar refractivity (Wildman–Crippen MR) is 69.5 cm³/mol. The van der Waals surface area contributed by atoms with Crippen molar-refractivity contribution in [3.05, 3.63) is 20.5 Å². The summed E-state index contributed by atoms with van der Waals surface area (Å²) in [6.07, 6.45) is 0. The van der Waals surface area contributed by atoms with E-state index >= 15 is 0 Å². The van der Waals surface area contributed by atoms with Crippen LogP contribution >= 0.6 is 50.3 Å². The average molecular weight is 387 g/mol. The van der Waals surface area contributed by atoms with Gasteiger partial charge in [0.2, 0.25) is 0 Å². The molecule has 0 saturated heterocycles. The highest BCUT2D eigenvalue weighted by atomic mass is 127. The summed E-state index contributed by atoms with van der Waals surface area (Å²) in [5.74, 6) is 0. The number of alkyl halides is 1. The highest BCUT2D eigenvalue weighted by Crippen LogP contribution is 2.31. The molecule has 1 atom stereocenters. The van der Waals surface area contributed by atoms with E-state index in [9.17, 15) is 4.79 Å². The highest BCUT2D eigenvalue weighted by Gasteiger charge is 2.25. The van der Waals surface area contributed by atoms with Crippen LogP contribution in [-0.4, -0.2) is 19.2 Å². The first-order valence-corrected chi connectivity index (χ1v) is 7.33. The third kappa shape index (κ3) is 1.76. The Morgan fingerprint density at radius 2 is 2.50 bits per heavy atom. The Bertz CT molecular complexity index is 434. The summed E-state index contributed by atoms with van der Waals surface area (Å²) in [5, 5.41) is 1.35. The van der Waals surface area contributed by atoms with Crippen LogP contribution in [-0.2, 0) is 6.54 Å². The molecule has 76 valence electrons. The van der Waals surface area contributed by atoms with Crippen molar-refractivity contribution in [1.29, 1.82) is 0 Å². The van der Waals surface area contributed by atoms with Gasteiger partial charge in [0.1, 0.15) is 4.47 Å². The van der Waals surface area contributed by atoms with Gasteiger partial charge in [-0.2, -0.15) is 0 Å². The largest absolute Gasteiger partial charge is 0.285 e. The summed E-state index contributed by atoms with van der Waals surface area (Å²) in [6, 6.07) is 0. The normalized spacial score (nSPS) is 19.8. The van der Waals surface area contributed by atoms with Crippen molar-refractivity contribution in [3.63, 3.8) is 0 Å². The molecule has 0 bridgehead atoms. The maximum absolute atomic E-state index is 11.8. The monoisotopic (exact) mass is 386 g/mol. The first-order chi connectivity index (χ1) is 6.63. The molecule has 0 saturated carbocycles. The minimum Gasteiger partial charge on any atom is -0.285 e. The van der Waals surface area contributed by atoms with E-state index in [1.54, 1.807) is 16.3 Å². The molecular weight excluding hydrogens is 379 g/mol. The van der Waals surface area contributed by atoms with Gasteiger partial charge in [0, 0.05) is 16.2 Å². The molecule has 0 aromatic carbocycles. The minimum absolute atomic E-state index is 0.0485. The van der Waals surface area contributed by atoms with E-state index < -0.39 is 0 Å². The average Bonchev–Trinajstić information content (AvgIpc) is 2.57. The SMILES string of the molecule is Cc1nc2n(c(=O)c1Br)CC(CI)S2. The standard InChI is InChI=1S/C8H8BrIN2OS/c1-4-6(9)7(13)12-3-5(2-10)14-8(12)11-4/h5H,2-3H2,1H3. The maximum atomic E-state index is 11.8. The van der Waals surface area contributed by atoms with Crippen LogP contribution in [0.1, 0.15) is 5.69 Å². The molecule has 1 aliphatic rings. The van der Waals surface area contributed by atoms with Gasteiger partial charge < -0.3 is 0 Å². The van der Waals surface area contributed by atoms with Crippen molar-refractivity contribution < 1.29 is 0 Å². The third-order valence-corrected chi connectivity index (χ3v) is 5.82. The predicted octanol–water partition coefficient (Wildman–Crippen LogP) is 2.22. The van der Waals surface area contributed by atoms with Crippen molar-refractivity contribution in [1.82, 2.24) is 9.55 Å². The fourth-order valence-corrected chi connectivity index (χ4v) is 3.51. The number of aryl methyl sites for hydroxylation is 1. The van der Waals surface area contributed by atoms with E-state index in [2.05, 4.69) is 43.5 Å². The van der Waals surface area contributed by atoms with Gasteiger partial charge in [-0.25, -0.2) is 4.98 Å². The number of aromatic nitrogens is 2. The second kappa shape index (κ2) is 4.13. The first kappa shape index (κ1) is 10.9. The number of nitrogens with zero attached hydrogens (tertiary/aromatic N) is 2. The van der Waals surface area contributed by atoms with Gasteiger partial charge in [-0.3, -0.25) is 9.36 Å².